The molecule has 0 N–H and O–H groups in total. The number of rotatable bonds is 5. The second kappa shape index (κ2) is 7.71. The minimum absolute atomic E-state index is 0.593. The van der Waals surface area contributed by atoms with Gasteiger partial charge in [0.1, 0.15) is 0 Å². The Morgan fingerprint density at radius 3 is 2.40 bits per heavy atom. The standard InChI is InChI=1S/C7H11Cl3/c8-5-2-1-3-7(10)4-6-9/h3H,1-2,4-6H2. The van der Waals surface area contributed by atoms with Crippen LogP contribution in [0.25, 0.3) is 0 Å². The minimum Gasteiger partial charge on any atom is -0.127 e. The third kappa shape index (κ3) is 6.73. The van der Waals surface area contributed by atoms with E-state index in [9.17, 15) is 0 Å². The highest BCUT2D eigenvalue weighted by Gasteiger charge is 1.89. The summed E-state index contributed by atoms with van der Waals surface area (Å²) in [6.07, 6.45) is 4.69. The van der Waals surface area contributed by atoms with E-state index in [0.717, 1.165) is 24.3 Å². The fourth-order valence-corrected chi connectivity index (χ4v) is 1.19. The summed E-state index contributed by atoms with van der Waals surface area (Å²) in [7, 11) is 0. The second-order valence-electron chi connectivity index (χ2n) is 1.92. The van der Waals surface area contributed by atoms with Crippen molar-refractivity contribution in [1.29, 1.82) is 0 Å². The van der Waals surface area contributed by atoms with Gasteiger partial charge in [0.2, 0.25) is 0 Å². The first-order valence-corrected chi connectivity index (χ1v) is 4.72. The molecule has 0 nitrogen and oxygen atoms in total. The number of unbranched alkanes of at least 4 members (excludes halogenated alkanes) is 1. The van der Waals surface area contributed by atoms with Crippen molar-refractivity contribution in [2.24, 2.45) is 0 Å². The van der Waals surface area contributed by atoms with E-state index in [2.05, 4.69) is 0 Å². The Kier molecular flexibility index (Phi) is 8.18. The third-order valence-electron chi connectivity index (χ3n) is 1.04. The zero-order valence-electron chi connectivity index (χ0n) is 5.75. The van der Waals surface area contributed by atoms with Crippen LogP contribution in [0.5, 0.6) is 0 Å². The smallest absolute Gasteiger partial charge is 0.0272 e. The molecule has 0 fully saturated rings. The zero-order valence-corrected chi connectivity index (χ0v) is 8.01. The predicted octanol–water partition coefficient (Wildman–Crippen LogP) is 3.76. The molecule has 0 aliphatic rings. The zero-order chi connectivity index (χ0) is 7.82. The highest BCUT2D eigenvalue weighted by molar-refractivity contribution is 6.30. The van der Waals surface area contributed by atoms with Crippen LogP contribution >= 0.6 is 34.8 Å². The first kappa shape index (κ1) is 10.6. The van der Waals surface area contributed by atoms with E-state index >= 15 is 0 Å². The van der Waals surface area contributed by atoms with Crippen molar-refractivity contribution in [1.82, 2.24) is 0 Å². The molecule has 0 atom stereocenters. The molecule has 0 saturated heterocycles. The third-order valence-corrected chi connectivity index (χ3v) is 1.84. The Hall–Kier alpha value is 0.610. The number of halogens is 3. The molecule has 0 aliphatic carbocycles. The molecule has 0 aromatic rings. The van der Waals surface area contributed by atoms with E-state index in [1.807, 2.05) is 6.08 Å². The molecule has 10 heavy (non-hydrogen) atoms. The topological polar surface area (TPSA) is 0 Å². The lowest BCUT2D eigenvalue weighted by atomic mass is 10.3. The van der Waals surface area contributed by atoms with Gasteiger partial charge in [-0.15, -0.1) is 23.2 Å². The summed E-state index contributed by atoms with van der Waals surface area (Å²) in [5.41, 5.74) is 0. The number of hydrogen-bond donors (Lipinski definition) is 0. The van der Waals surface area contributed by atoms with E-state index in [1.54, 1.807) is 0 Å². The van der Waals surface area contributed by atoms with Crippen LogP contribution in [0.4, 0.5) is 0 Å². The monoisotopic (exact) mass is 200 g/mol. The van der Waals surface area contributed by atoms with E-state index in [1.165, 1.54) is 0 Å². The maximum Gasteiger partial charge on any atom is 0.0272 e. The van der Waals surface area contributed by atoms with Crippen molar-refractivity contribution in [3.63, 3.8) is 0 Å². The van der Waals surface area contributed by atoms with E-state index in [0.29, 0.717) is 11.8 Å². The van der Waals surface area contributed by atoms with Crippen molar-refractivity contribution in [2.45, 2.75) is 19.3 Å². The summed E-state index contributed by atoms with van der Waals surface area (Å²) in [6.45, 7) is 0. The van der Waals surface area contributed by atoms with Crippen LogP contribution in [0.2, 0.25) is 0 Å². The summed E-state index contributed by atoms with van der Waals surface area (Å²) < 4.78 is 0. The van der Waals surface area contributed by atoms with Crippen LogP contribution in [-0.2, 0) is 0 Å². The lowest BCUT2D eigenvalue weighted by molar-refractivity contribution is 0.956. The Bertz CT molecular complexity index is 99.0. The lowest BCUT2D eigenvalue weighted by Crippen LogP contribution is -1.77. The van der Waals surface area contributed by atoms with Crippen molar-refractivity contribution in [2.75, 3.05) is 11.8 Å². The molecule has 0 rings (SSSR count). The van der Waals surface area contributed by atoms with Crippen LogP contribution < -0.4 is 0 Å². The van der Waals surface area contributed by atoms with Gasteiger partial charge in [-0.3, -0.25) is 0 Å². The van der Waals surface area contributed by atoms with E-state index < -0.39 is 0 Å². The summed E-state index contributed by atoms with van der Waals surface area (Å²) in [6, 6.07) is 0. The van der Waals surface area contributed by atoms with Gasteiger partial charge in [-0.25, -0.2) is 0 Å². The molecule has 0 bridgehead atoms. The maximum absolute atomic E-state index is 5.75. The molecule has 0 saturated carbocycles. The van der Waals surface area contributed by atoms with Gasteiger partial charge in [0.05, 0.1) is 0 Å². The van der Waals surface area contributed by atoms with Gasteiger partial charge in [0.25, 0.3) is 0 Å². The molecule has 0 spiro atoms. The predicted molar refractivity (Wildman–Crippen MR) is 49.2 cm³/mol. The largest absolute Gasteiger partial charge is 0.127 e. The van der Waals surface area contributed by atoms with Crippen molar-refractivity contribution < 1.29 is 0 Å². The lowest BCUT2D eigenvalue weighted by Gasteiger charge is -1.92. The molecule has 0 aliphatic heterocycles. The summed E-state index contributed by atoms with van der Waals surface area (Å²) in [4.78, 5) is 0. The van der Waals surface area contributed by atoms with Crippen LogP contribution in [0.15, 0.2) is 11.1 Å². The van der Waals surface area contributed by atoms with Crippen LogP contribution in [0, 0.1) is 0 Å². The fraction of sp³-hybridized carbons (Fsp3) is 0.714. The normalized spacial score (nSPS) is 12.1. The highest BCUT2D eigenvalue weighted by atomic mass is 35.5. The quantitative estimate of drug-likeness (QED) is 0.469. The first-order valence-electron chi connectivity index (χ1n) is 3.27. The van der Waals surface area contributed by atoms with E-state index in [-0.39, 0.29) is 0 Å². The molecule has 60 valence electrons. The van der Waals surface area contributed by atoms with Crippen molar-refractivity contribution in [3.8, 4) is 0 Å². The summed E-state index contributed by atoms with van der Waals surface area (Å²) in [5.74, 6) is 1.29. The molecule has 0 aromatic heterocycles. The Labute approximate surface area is 77.1 Å². The van der Waals surface area contributed by atoms with Crippen LogP contribution in [-0.4, -0.2) is 11.8 Å². The number of alkyl halides is 2. The molecular formula is C7H11Cl3. The van der Waals surface area contributed by atoms with Crippen molar-refractivity contribution in [3.05, 3.63) is 11.1 Å². The second-order valence-corrected chi connectivity index (χ2v) is 3.16. The van der Waals surface area contributed by atoms with Crippen LogP contribution in [0.1, 0.15) is 19.3 Å². The first-order chi connectivity index (χ1) is 4.81. The molecular weight excluding hydrogens is 190 g/mol. The van der Waals surface area contributed by atoms with Gasteiger partial charge in [-0.1, -0.05) is 17.7 Å². The van der Waals surface area contributed by atoms with Gasteiger partial charge < -0.3 is 0 Å². The maximum atomic E-state index is 5.75. The van der Waals surface area contributed by atoms with E-state index in [4.69, 9.17) is 34.8 Å². The number of allylic oxidation sites excluding steroid dienone is 2. The molecule has 0 amide bonds. The molecule has 0 aromatic carbocycles. The molecule has 0 unspecified atom stereocenters. The van der Waals surface area contributed by atoms with Gasteiger partial charge in [-0.2, -0.15) is 0 Å². The Balaban J connectivity index is 3.28. The Morgan fingerprint density at radius 2 is 1.90 bits per heavy atom. The van der Waals surface area contributed by atoms with Gasteiger partial charge in [-0.05, 0) is 19.3 Å². The van der Waals surface area contributed by atoms with Crippen molar-refractivity contribution >= 4 is 34.8 Å². The fourth-order valence-electron chi connectivity index (χ4n) is 0.528. The Morgan fingerprint density at radius 1 is 1.20 bits per heavy atom. The van der Waals surface area contributed by atoms with Gasteiger partial charge in [0, 0.05) is 16.8 Å². The SMILES string of the molecule is ClCCCC=C(Cl)CCCl. The number of hydrogen-bond acceptors (Lipinski definition) is 0. The minimum atomic E-state index is 0.593. The average Bonchev–Trinajstić information content (AvgIpc) is 1.89. The average molecular weight is 202 g/mol. The van der Waals surface area contributed by atoms with Crippen LogP contribution in [0.3, 0.4) is 0 Å². The highest BCUT2D eigenvalue weighted by Crippen LogP contribution is 2.10. The van der Waals surface area contributed by atoms with Gasteiger partial charge in [0.15, 0.2) is 0 Å². The summed E-state index contributed by atoms with van der Waals surface area (Å²) in [5, 5.41) is 0.847. The molecule has 0 radical (unpaired) electrons. The van der Waals surface area contributed by atoms with Gasteiger partial charge >= 0.3 is 0 Å². The summed E-state index contributed by atoms with van der Waals surface area (Å²) >= 11 is 16.7. The molecule has 3 heteroatoms. The molecule has 0 heterocycles.